The lowest BCUT2D eigenvalue weighted by atomic mass is 9.98. The summed E-state index contributed by atoms with van der Waals surface area (Å²) >= 11 is 0. The van der Waals surface area contributed by atoms with Crippen LogP contribution in [0.4, 0.5) is 4.39 Å². The lowest BCUT2D eigenvalue weighted by Crippen LogP contribution is -2.58. The van der Waals surface area contributed by atoms with E-state index in [1.165, 1.54) is 19.2 Å². The first kappa shape index (κ1) is 31.8. The van der Waals surface area contributed by atoms with Crippen molar-refractivity contribution in [1.82, 2.24) is 15.5 Å². The summed E-state index contributed by atoms with van der Waals surface area (Å²) in [7, 11) is 1.52. The Labute approximate surface area is 281 Å². The van der Waals surface area contributed by atoms with Crippen molar-refractivity contribution in [3.8, 4) is 39.9 Å². The van der Waals surface area contributed by atoms with Gasteiger partial charge in [-0.15, -0.1) is 0 Å². The zero-order valence-corrected chi connectivity index (χ0v) is 26.7. The molecule has 4 aliphatic rings. The molecule has 12 heteroatoms. The molecule has 8 rings (SSSR count). The molecule has 4 aromatic carbocycles. The van der Waals surface area contributed by atoms with Crippen LogP contribution in [0.25, 0.3) is 11.1 Å². The number of ether oxygens (including phenoxy) is 5. The number of carbonyl (C=O) groups excluding carboxylic acids is 3. The zero-order valence-electron chi connectivity index (χ0n) is 26.7. The number of likely N-dealkylation sites (tertiary alicyclic amines) is 1. The van der Waals surface area contributed by atoms with Gasteiger partial charge in [-0.05, 0) is 65.2 Å². The van der Waals surface area contributed by atoms with E-state index >= 15 is 4.39 Å². The van der Waals surface area contributed by atoms with Gasteiger partial charge in [0, 0.05) is 37.7 Å². The molecule has 0 saturated carbocycles. The summed E-state index contributed by atoms with van der Waals surface area (Å²) in [6, 6.07) is 21.2. The maximum absolute atomic E-state index is 15.2. The summed E-state index contributed by atoms with van der Waals surface area (Å²) in [5, 5.41) is 5.81. The number of hydrogen-bond donors (Lipinski definition) is 2. The molecule has 2 atom stereocenters. The van der Waals surface area contributed by atoms with Gasteiger partial charge < -0.3 is 39.2 Å². The Morgan fingerprint density at radius 2 is 1.80 bits per heavy atom. The SMILES string of the molecule is COc1cc2ccc1CNC(=O)COc1cccc(c1)-c1ccc(F)c(c1)C(=O)N[C@@H]1CN(C(=O)Cc3ccc4c(c3)OCO4)CC[C@@H]1O2. The third-order valence-electron chi connectivity index (χ3n) is 8.78. The van der Waals surface area contributed by atoms with Crippen molar-refractivity contribution in [3.05, 3.63) is 101 Å². The molecule has 1 fully saturated rings. The van der Waals surface area contributed by atoms with Crippen LogP contribution in [0.5, 0.6) is 28.7 Å². The molecule has 4 heterocycles. The van der Waals surface area contributed by atoms with Crippen molar-refractivity contribution in [2.45, 2.75) is 31.5 Å². The van der Waals surface area contributed by atoms with Gasteiger partial charge in [0.1, 0.15) is 29.2 Å². The molecule has 2 N–H and O–H groups in total. The maximum Gasteiger partial charge on any atom is 0.258 e. The number of nitrogens with one attached hydrogen (secondary N) is 2. The summed E-state index contributed by atoms with van der Waals surface area (Å²) in [5.41, 5.74) is 2.59. The highest BCUT2D eigenvalue weighted by molar-refractivity contribution is 5.96. The van der Waals surface area contributed by atoms with Crippen LogP contribution in [0.1, 0.15) is 27.9 Å². The zero-order chi connectivity index (χ0) is 33.9. The van der Waals surface area contributed by atoms with Crippen LogP contribution in [0, 0.1) is 5.82 Å². The predicted molar refractivity (Wildman–Crippen MR) is 175 cm³/mol. The van der Waals surface area contributed by atoms with Gasteiger partial charge in [-0.2, -0.15) is 0 Å². The van der Waals surface area contributed by atoms with Gasteiger partial charge in [0.25, 0.3) is 11.8 Å². The Hall–Kier alpha value is -5.78. The smallest absolute Gasteiger partial charge is 0.258 e. The Morgan fingerprint density at radius 1 is 0.939 bits per heavy atom. The van der Waals surface area contributed by atoms with Crippen molar-refractivity contribution in [1.29, 1.82) is 0 Å². The monoisotopic (exact) mass is 667 g/mol. The van der Waals surface area contributed by atoms with Crippen LogP contribution in [0.2, 0.25) is 0 Å². The fraction of sp³-hybridized carbons (Fsp3) is 0.270. The Bertz CT molecular complexity index is 1920. The quantitative estimate of drug-likeness (QED) is 0.332. The molecule has 0 radical (unpaired) electrons. The maximum atomic E-state index is 15.2. The second-order valence-corrected chi connectivity index (χ2v) is 12.0. The van der Waals surface area contributed by atoms with Crippen molar-refractivity contribution < 1.29 is 42.5 Å². The molecule has 0 aromatic heterocycles. The van der Waals surface area contributed by atoms with Crippen LogP contribution >= 0.6 is 0 Å². The minimum absolute atomic E-state index is 0.123. The summed E-state index contributed by atoms with van der Waals surface area (Å²) in [4.78, 5) is 41.6. The molecular weight excluding hydrogens is 633 g/mol. The van der Waals surface area contributed by atoms with Gasteiger partial charge in [-0.3, -0.25) is 14.4 Å². The normalized spacial score (nSPS) is 18.7. The van der Waals surface area contributed by atoms with Gasteiger partial charge in [0.05, 0.1) is 25.1 Å². The molecule has 11 nitrogen and oxygen atoms in total. The first-order valence-corrected chi connectivity index (χ1v) is 15.9. The van der Waals surface area contributed by atoms with E-state index < -0.39 is 23.9 Å². The van der Waals surface area contributed by atoms with Crippen LogP contribution < -0.4 is 34.3 Å². The standard InChI is InChI=1S/C37H34FN3O8/c1-45-33-17-27-8-6-25(33)18-39-35(42)20-46-26-4-2-3-23(15-26)24-7-9-29(38)28(16-24)37(44)40-30-19-41(12-11-31(30)49-27)36(43)14-22-5-10-32-34(13-22)48-21-47-32/h2-10,13,15-17,30-31H,11-12,14,18-21H2,1H3,(H,39,42)(H,40,44)/t30-,31+/m1/s1. The molecule has 4 aromatic rings. The highest BCUT2D eigenvalue weighted by Crippen LogP contribution is 2.33. The van der Waals surface area contributed by atoms with Crippen LogP contribution in [0.3, 0.4) is 0 Å². The second-order valence-electron chi connectivity index (χ2n) is 12.0. The number of halogens is 1. The number of hydrogen-bond acceptors (Lipinski definition) is 8. The van der Waals surface area contributed by atoms with Crippen LogP contribution in [-0.2, 0) is 22.6 Å². The average Bonchev–Trinajstić information content (AvgIpc) is 3.59. The van der Waals surface area contributed by atoms with E-state index in [1.54, 1.807) is 65.6 Å². The van der Waals surface area contributed by atoms with Crippen molar-refractivity contribution >= 4 is 17.7 Å². The first-order chi connectivity index (χ1) is 23.8. The Morgan fingerprint density at radius 3 is 2.67 bits per heavy atom. The fourth-order valence-electron chi connectivity index (χ4n) is 6.18. The topological polar surface area (TPSA) is 125 Å². The van der Waals surface area contributed by atoms with E-state index in [2.05, 4.69) is 10.6 Å². The van der Waals surface area contributed by atoms with Crippen molar-refractivity contribution in [3.63, 3.8) is 0 Å². The van der Waals surface area contributed by atoms with E-state index in [9.17, 15) is 14.4 Å². The number of amides is 3. The highest BCUT2D eigenvalue weighted by atomic mass is 19.1. The highest BCUT2D eigenvalue weighted by Gasteiger charge is 2.35. The Kier molecular flexibility index (Phi) is 8.93. The molecule has 6 bridgehead atoms. The number of piperidine rings is 1. The minimum atomic E-state index is -0.697. The summed E-state index contributed by atoms with van der Waals surface area (Å²) in [6.07, 6.45) is -0.0374. The van der Waals surface area contributed by atoms with Gasteiger partial charge in [-0.25, -0.2) is 4.39 Å². The van der Waals surface area contributed by atoms with Gasteiger partial charge in [0.2, 0.25) is 12.7 Å². The molecule has 1 saturated heterocycles. The molecule has 0 unspecified atom stereocenters. The van der Waals surface area contributed by atoms with Crippen LogP contribution in [-0.4, -0.2) is 68.4 Å². The number of fused-ring (bicyclic) bond motifs is 8. The third kappa shape index (κ3) is 7.08. The van der Waals surface area contributed by atoms with Crippen LogP contribution in [0.15, 0.2) is 78.9 Å². The second kappa shape index (κ2) is 13.8. The van der Waals surface area contributed by atoms with E-state index in [0.717, 1.165) is 11.1 Å². The number of nitrogens with zero attached hydrogens (tertiary/aromatic N) is 1. The van der Waals surface area contributed by atoms with Gasteiger partial charge in [-0.1, -0.05) is 24.3 Å². The van der Waals surface area contributed by atoms with Crippen molar-refractivity contribution in [2.75, 3.05) is 33.6 Å². The Balaban J connectivity index is 1.19. The van der Waals surface area contributed by atoms with E-state index in [-0.39, 0.29) is 50.3 Å². The van der Waals surface area contributed by atoms with Crippen molar-refractivity contribution in [2.24, 2.45) is 0 Å². The first-order valence-electron chi connectivity index (χ1n) is 15.9. The predicted octanol–water partition coefficient (Wildman–Crippen LogP) is 4.26. The largest absolute Gasteiger partial charge is 0.496 e. The summed E-state index contributed by atoms with van der Waals surface area (Å²) < 4.78 is 43.8. The average molecular weight is 668 g/mol. The summed E-state index contributed by atoms with van der Waals surface area (Å²) in [5.74, 6) is 0.821. The number of rotatable bonds is 3. The molecule has 49 heavy (non-hydrogen) atoms. The summed E-state index contributed by atoms with van der Waals surface area (Å²) in [6.45, 7) is 0.638. The van der Waals surface area contributed by atoms with E-state index in [4.69, 9.17) is 23.7 Å². The van der Waals surface area contributed by atoms with Gasteiger partial charge >= 0.3 is 0 Å². The molecule has 4 aliphatic heterocycles. The molecular formula is C37H34FN3O8. The lowest BCUT2D eigenvalue weighted by Gasteiger charge is -2.39. The minimum Gasteiger partial charge on any atom is -0.496 e. The molecule has 0 spiro atoms. The lowest BCUT2D eigenvalue weighted by molar-refractivity contribution is -0.133. The molecule has 0 aliphatic carbocycles. The van der Waals surface area contributed by atoms with E-state index in [1.807, 2.05) is 6.07 Å². The fourth-order valence-corrected chi connectivity index (χ4v) is 6.18. The number of carbonyl (C=O) groups is 3. The van der Waals surface area contributed by atoms with E-state index in [0.29, 0.717) is 52.8 Å². The number of benzene rings is 4. The third-order valence-corrected chi connectivity index (χ3v) is 8.78. The molecule has 252 valence electrons. The number of methoxy groups -OCH3 is 1. The molecule has 3 amide bonds. The van der Waals surface area contributed by atoms with Gasteiger partial charge in [0.15, 0.2) is 18.1 Å².